The van der Waals surface area contributed by atoms with E-state index in [4.69, 9.17) is 4.74 Å². The van der Waals surface area contributed by atoms with Crippen LogP contribution in [0.5, 0.6) is 5.75 Å². The third-order valence-electron chi connectivity index (χ3n) is 5.38. The number of carbonyl (C=O) groups is 1. The number of benzene rings is 3. The lowest BCUT2D eigenvalue weighted by atomic mass is 9.90. The van der Waals surface area contributed by atoms with Gasteiger partial charge in [0.2, 0.25) is 11.5 Å². The van der Waals surface area contributed by atoms with Crippen LogP contribution in [-0.4, -0.2) is 39.5 Å². The highest BCUT2D eigenvalue weighted by Crippen LogP contribution is 2.39. The van der Waals surface area contributed by atoms with Crippen molar-refractivity contribution in [1.82, 2.24) is 0 Å². The van der Waals surface area contributed by atoms with Crippen molar-refractivity contribution in [2.45, 2.75) is 26.5 Å². The van der Waals surface area contributed by atoms with Crippen molar-refractivity contribution < 1.29 is 30.8 Å². The second-order valence-electron chi connectivity index (χ2n) is 7.57. The Balaban J connectivity index is 1.83. The van der Waals surface area contributed by atoms with Crippen LogP contribution in [0.1, 0.15) is 16.8 Å². The standard InChI is InChI=1S/C23H18BrFO6S2/c24-16-11-12-19-20(13-16)31-15-23(25,22(19)26)14-21(32(27,28)17-7-3-1-4-8-17)33(29,30)18-9-5-2-6-10-18/h1-13,21H,14-15H2/t23-/m1/s1. The average molecular weight is 553 g/mol. The van der Waals surface area contributed by atoms with Gasteiger partial charge in [-0.15, -0.1) is 0 Å². The molecule has 0 amide bonds. The summed E-state index contributed by atoms with van der Waals surface area (Å²) in [7, 11) is -9.19. The van der Waals surface area contributed by atoms with Gasteiger partial charge in [-0.05, 0) is 42.5 Å². The van der Waals surface area contributed by atoms with E-state index in [-0.39, 0.29) is 21.1 Å². The molecule has 10 heteroatoms. The van der Waals surface area contributed by atoms with E-state index < -0.39 is 48.7 Å². The van der Waals surface area contributed by atoms with Crippen molar-refractivity contribution in [3.05, 3.63) is 88.9 Å². The molecule has 1 atom stereocenters. The maximum Gasteiger partial charge on any atom is 0.209 e. The minimum Gasteiger partial charge on any atom is -0.489 e. The molecular weight excluding hydrogens is 535 g/mol. The number of sulfone groups is 2. The number of hydrogen-bond donors (Lipinski definition) is 0. The Hall–Kier alpha value is -2.56. The summed E-state index contributed by atoms with van der Waals surface area (Å²) in [6.45, 7) is -0.805. The molecule has 0 aromatic heterocycles. The van der Waals surface area contributed by atoms with E-state index >= 15 is 4.39 Å². The summed E-state index contributed by atoms with van der Waals surface area (Å²) >= 11 is 3.24. The molecule has 1 aliphatic heterocycles. The maximum atomic E-state index is 16.1. The molecule has 1 heterocycles. The summed E-state index contributed by atoms with van der Waals surface area (Å²) in [5.41, 5.74) is -2.95. The van der Waals surface area contributed by atoms with Gasteiger partial charge in [-0.1, -0.05) is 52.3 Å². The van der Waals surface area contributed by atoms with Crippen LogP contribution < -0.4 is 4.74 Å². The molecular formula is C23H18BrFO6S2. The minimum absolute atomic E-state index is 0.0834. The fourth-order valence-electron chi connectivity index (χ4n) is 3.63. The summed E-state index contributed by atoms with van der Waals surface area (Å²) in [5, 5.41) is 0. The predicted octanol–water partition coefficient (Wildman–Crippen LogP) is 4.40. The average Bonchev–Trinajstić information content (AvgIpc) is 2.81. The highest BCUT2D eigenvalue weighted by Gasteiger charge is 2.52. The van der Waals surface area contributed by atoms with E-state index in [0.29, 0.717) is 4.47 Å². The lowest BCUT2D eigenvalue weighted by Crippen LogP contribution is -2.49. The van der Waals surface area contributed by atoms with Gasteiger partial charge in [0, 0.05) is 10.9 Å². The second kappa shape index (κ2) is 8.66. The first-order valence-corrected chi connectivity index (χ1v) is 13.7. The number of halogens is 2. The van der Waals surface area contributed by atoms with Crippen molar-refractivity contribution in [2.24, 2.45) is 0 Å². The van der Waals surface area contributed by atoms with E-state index in [2.05, 4.69) is 15.9 Å². The molecule has 0 aliphatic carbocycles. The van der Waals surface area contributed by atoms with E-state index in [1.54, 1.807) is 12.1 Å². The smallest absolute Gasteiger partial charge is 0.209 e. The Bertz CT molecular complexity index is 1340. The van der Waals surface area contributed by atoms with Gasteiger partial charge >= 0.3 is 0 Å². The molecule has 0 radical (unpaired) electrons. The van der Waals surface area contributed by atoms with Gasteiger partial charge in [0.25, 0.3) is 0 Å². The molecule has 172 valence electrons. The molecule has 33 heavy (non-hydrogen) atoms. The van der Waals surface area contributed by atoms with Gasteiger partial charge in [-0.3, -0.25) is 4.79 Å². The lowest BCUT2D eigenvalue weighted by molar-refractivity contribution is 0.0421. The van der Waals surface area contributed by atoms with Crippen LogP contribution >= 0.6 is 15.9 Å². The van der Waals surface area contributed by atoms with Crippen LogP contribution in [-0.2, 0) is 19.7 Å². The molecule has 3 aromatic rings. The van der Waals surface area contributed by atoms with E-state index in [0.717, 1.165) is 0 Å². The summed E-state index contributed by atoms with van der Waals surface area (Å²) in [6, 6.07) is 18.2. The van der Waals surface area contributed by atoms with Crippen LogP contribution in [0.4, 0.5) is 4.39 Å². The van der Waals surface area contributed by atoms with Crippen molar-refractivity contribution >= 4 is 41.4 Å². The molecule has 0 N–H and O–H groups in total. The monoisotopic (exact) mass is 552 g/mol. The molecule has 0 spiro atoms. The second-order valence-corrected chi connectivity index (χ2v) is 13.0. The molecule has 0 saturated heterocycles. The summed E-state index contributed by atoms with van der Waals surface area (Å²) in [6.07, 6.45) is -1.12. The summed E-state index contributed by atoms with van der Waals surface area (Å²) in [4.78, 5) is 12.5. The number of ether oxygens (including phenoxy) is 1. The van der Waals surface area contributed by atoms with Crippen molar-refractivity contribution in [2.75, 3.05) is 6.61 Å². The first-order chi connectivity index (χ1) is 15.6. The topological polar surface area (TPSA) is 94.6 Å². The third kappa shape index (κ3) is 4.34. The molecule has 6 nitrogen and oxygen atoms in total. The zero-order chi connectivity index (χ0) is 23.9. The Kier molecular flexibility index (Phi) is 6.19. The van der Waals surface area contributed by atoms with Crippen molar-refractivity contribution in [3.63, 3.8) is 0 Å². The molecule has 0 bridgehead atoms. The zero-order valence-corrected chi connectivity index (χ0v) is 20.2. The largest absolute Gasteiger partial charge is 0.489 e. The fourth-order valence-corrected chi connectivity index (χ4v) is 8.62. The van der Waals surface area contributed by atoms with Crippen LogP contribution in [0.2, 0.25) is 0 Å². The number of fused-ring (bicyclic) bond motifs is 1. The first-order valence-electron chi connectivity index (χ1n) is 9.80. The van der Waals surface area contributed by atoms with Gasteiger partial charge in [0.05, 0.1) is 15.4 Å². The van der Waals surface area contributed by atoms with Crippen molar-refractivity contribution in [3.8, 4) is 5.75 Å². The Morgan fingerprint density at radius 2 is 1.39 bits per heavy atom. The van der Waals surface area contributed by atoms with Gasteiger partial charge in [-0.2, -0.15) is 0 Å². The molecule has 3 aromatic carbocycles. The maximum absolute atomic E-state index is 16.1. The number of rotatable bonds is 6. The molecule has 0 unspecified atom stereocenters. The Morgan fingerprint density at radius 3 is 1.91 bits per heavy atom. The van der Waals surface area contributed by atoms with E-state index in [1.165, 1.54) is 66.7 Å². The molecule has 1 aliphatic rings. The van der Waals surface area contributed by atoms with Gasteiger partial charge in [-0.25, -0.2) is 21.2 Å². The highest BCUT2D eigenvalue weighted by molar-refractivity contribution is 9.10. The predicted molar refractivity (Wildman–Crippen MR) is 123 cm³/mol. The quantitative estimate of drug-likeness (QED) is 0.450. The fraction of sp³-hybridized carbons (Fsp3) is 0.174. The Morgan fingerprint density at radius 1 is 0.879 bits per heavy atom. The van der Waals surface area contributed by atoms with Crippen molar-refractivity contribution in [1.29, 1.82) is 0 Å². The van der Waals surface area contributed by atoms with Crippen LogP contribution in [0.3, 0.4) is 0 Å². The molecule has 0 fully saturated rings. The van der Waals surface area contributed by atoms with Gasteiger partial charge in [0.15, 0.2) is 24.3 Å². The minimum atomic E-state index is -4.60. The number of carbonyl (C=O) groups excluding carboxylic acids is 1. The van der Waals surface area contributed by atoms with E-state index in [9.17, 15) is 21.6 Å². The highest BCUT2D eigenvalue weighted by atomic mass is 79.9. The molecule has 0 saturated carbocycles. The summed E-state index contributed by atoms with van der Waals surface area (Å²) in [5.74, 6) is -0.885. The van der Waals surface area contributed by atoms with Crippen LogP contribution in [0.15, 0.2) is 93.1 Å². The number of alkyl halides is 1. The summed E-state index contributed by atoms with van der Waals surface area (Å²) < 4.78 is 73.7. The third-order valence-corrected chi connectivity index (χ3v) is 11.0. The van der Waals surface area contributed by atoms with Gasteiger partial charge in [0.1, 0.15) is 12.4 Å². The Labute approximate surface area is 199 Å². The zero-order valence-electron chi connectivity index (χ0n) is 17.0. The normalized spacial score (nSPS) is 18.6. The van der Waals surface area contributed by atoms with E-state index in [1.807, 2.05) is 0 Å². The van der Waals surface area contributed by atoms with Gasteiger partial charge < -0.3 is 4.74 Å². The number of hydrogen-bond acceptors (Lipinski definition) is 6. The SMILES string of the molecule is O=C1c2ccc(Br)cc2OC[C@]1(F)CC(S(=O)(=O)c1ccccc1)S(=O)(=O)c1ccccc1. The first kappa shape index (κ1) is 23.6. The lowest BCUT2D eigenvalue weighted by Gasteiger charge is -2.32. The van der Waals surface area contributed by atoms with Crippen LogP contribution in [0, 0.1) is 0 Å². The molecule has 4 rings (SSSR count). The number of ketones is 1. The van der Waals surface area contributed by atoms with Crippen LogP contribution in [0.25, 0.3) is 0 Å². The number of Topliss-reactive ketones (excluding diaryl/α,β-unsaturated/α-hetero) is 1.